The molecule has 0 aromatic carbocycles. The number of imidazole rings is 1. The van der Waals surface area contributed by atoms with Crippen LogP contribution in [0, 0.1) is 0 Å². The molecule has 128 valence electrons. The summed E-state index contributed by atoms with van der Waals surface area (Å²) < 4.78 is 13.3. The van der Waals surface area contributed by atoms with Crippen LogP contribution in [0.15, 0.2) is 18.7 Å². The van der Waals surface area contributed by atoms with Crippen LogP contribution in [0.4, 0.5) is 4.79 Å². The normalized spacial score (nSPS) is 24.0. The highest BCUT2D eigenvalue weighted by Crippen LogP contribution is 2.17. The number of nitrogens with zero attached hydrogens (tertiary/aromatic N) is 3. The molecule has 3 heterocycles. The zero-order chi connectivity index (χ0) is 15.9. The summed E-state index contributed by atoms with van der Waals surface area (Å²) in [7, 11) is 0. The van der Waals surface area contributed by atoms with E-state index in [9.17, 15) is 4.79 Å². The van der Waals surface area contributed by atoms with Crippen molar-refractivity contribution >= 4 is 6.03 Å². The monoisotopic (exact) mass is 322 g/mol. The fourth-order valence-corrected chi connectivity index (χ4v) is 3.13. The second-order valence-corrected chi connectivity index (χ2v) is 6.21. The number of hydrogen-bond acceptors (Lipinski definition) is 4. The Morgan fingerprint density at radius 1 is 1.22 bits per heavy atom. The number of amides is 2. The summed E-state index contributed by atoms with van der Waals surface area (Å²) in [5, 5.41) is 3.00. The fraction of sp³-hybridized carbons (Fsp3) is 0.750. The van der Waals surface area contributed by atoms with E-state index in [2.05, 4.69) is 10.3 Å². The number of rotatable bonds is 7. The van der Waals surface area contributed by atoms with Crippen molar-refractivity contribution in [2.75, 3.05) is 32.8 Å². The minimum absolute atomic E-state index is 0.0314. The van der Waals surface area contributed by atoms with Crippen molar-refractivity contribution in [2.24, 2.45) is 0 Å². The van der Waals surface area contributed by atoms with E-state index in [1.807, 2.05) is 15.7 Å². The lowest BCUT2D eigenvalue weighted by atomic mass is 10.2. The van der Waals surface area contributed by atoms with Crippen molar-refractivity contribution in [3.63, 3.8) is 0 Å². The van der Waals surface area contributed by atoms with Crippen LogP contribution in [0.2, 0.25) is 0 Å². The maximum absolute atomic E-state index is 12.5. The summed E-state index contributed by atoms with van der Waals surface area (Å²) in [5.41, 5.74) is 0. The number of carbonyl (C=O) groups is 1. The van der Waals surface area contributed by atoms with Gasteiger partial charge in [-0.05, 0) is 25.7 Å². The summed E-state index contributed by atoms with van der Waals surface area (Å²) in [4.78, 5) is 18.4. The molecule has 2 aliphatic heterocycles. The van der Waals surface area contributed by atoms with Gasteiger partial charge in [0, 0.05) is 51.8 Å². The van der Waals surface area contributed by atoms with Gasteiger partial charge in [-0.2, -0.15) is 0 Å². The number of aromatic nitrogens is 2. The van der Waals surface area contributed by atoms with Crippen molar-refractivity contribution in [1.82, 2.24) is 19.8 Å². The quantitative estimate of drug-likeness (QED) is 0.820. The lowest BCUT2D eigenvalue weighted by Gasteiger charge is -2.28. The molecule has 0 spiro atoms. The highest BCUT2D eigenvalue weighted by atomic mass is 16.5. The highest BCUT2D eigenvalue weighted by Gasteiger charge is 2.26. The summed E-state index contributed by atoms with van der Waals surface area (Å²) in [6.07, 6.45) is 9.94. The molecule has 23 heavy (non-hydrogen) atoms. The molecule has 2 atom stereocenters. The molecule has 0 aliphatic carbocycles. The Morgan fingerprint density at radius 3 is 2.43 bits per heavy atom. The molecular formula is C16H26N4O3. The van der Waals surface area contributed by atoms with E-state index in [0.717, 1.165) is 45.4 Å². The molecule has 0 saturated carbocycles. The van der Waals surface area contributed by atoms with E-state index in [4.69, 9.17) is 9.47 Å². The molecule has 2 aliphatic rings. The highest BCUT2D eigenvalue weighted by molar-refractivity contribution is 5.74. The second-order valence-electron chi connectivity index (χ2n) is 6.21. The molecule has 2 amide bonds. The molecule has 0 radical (unpaired) electrons. The Hall–Kier alpha value is -1.60. The maximum atomic E-state index is 12.5. The first-order valence-electron chi connectivity index (χ1n) is 8.53. The van der Waals surface area contributed by atoms with Gasteiger partial charge in [0.25, 0.3) is 0 Å². The van der Waals surface area contributed by atoms with Gasteiger partial charge in [0.1, 0.15) is 0 Å². The number of nitrogens with one attached hydrogen (secondary N) is 1. The first-order chi connectivity index (χ1) is 11.3. The molecule has 2 fully saturated rings. The number of ether oxygens (including phenoxy) is 2. The van der Waals surface area contributed by atoms with Crippen LogP contribution in [-0.4, -0.2) is 65.5 Å². The maximum Gasteiger partial charge on any atom is 0.317 e. The van der Waals surface area contributed by atoms with Gasteiger partial charge in [-0.3, -0.25) is 0 Å². The van der Waals surface area contributed by atoms with Gasteiger partial charge < -0.3 is 24.3 Å². The lowest BCUT2D eigenvalue weighted by molar-refractivity contribution is 0.0498. The van der Waals surface area contributed by atoms with Gasteiger partial charge in [0.05, 0.1) is 18.5 Å². The van der Waals surface area contributed by atoms with Gasteiger partial charge in [-0.25, -0.2) is 9.78 Å². The Balaban J connectivity index is 1.48. The standard InChI is InChI=1S/C16H26N4O3/c21-16(18-6-8-19-7-5-17-13-19)20(11-14-3-1-9-22-14)12-15-4-2-10-23-15/h5,7,13-15H,1-4,6,8-12H2,(H,18,21)/t14-,15-/m1/s1. The Kier molecular flexibility index (Phi) is 5.87. The van der Waals surface area contributed by atoms with Crippen LogP contribution < -0.4 is 5.32 Å². The third-order valence-corrected chi connectivity index (χ3v) is 4.39. The van der Waals surface area contributed by atoms with E-state index in [1.54, 1.807) is 12.5 Å². The smallest absolute Gasteiger partial charge is 0.317 e. The van der Waals surface area contributed by atoms with Crippen molar-refractivity contribution in [3.8, 4) is 0 Å². The van der Waals surface area contributed by atoms with Crippen molar-refractivity contribution < 1.29 is 14.3 Å². The van der Waals surface area contributed by atoms with Crippen LogP contribution in [-0.2, 0) is 16.0 Å². The third kappa shape index (κ3) is 4.94. The van der Waals surface area contributed by atoms with Crippen molar-refractivity contribution in [2.45, 2.75) is 44.4 Å². The lowest BCUT2D eigenvalue weighted by Crippen LogP contribution is -2.47. The molecule has 7 heteroatoms. The van der Waals surface area contributed by atoms with Gasteiger partial charge >= 0.3 is 6.03 Å². The average Bonchev–Trinajstić information content (AvgIpc) is 3.30. The first-order valence-corrected chi connectivity index (χ1v) is 8.53. The van der Waals surface area contributed by atoms with Crippen molar-refractivity contribution in [1.29, 1.82) is 0 Å². The number of urea groups is 1. The van der Waals surface area contributed by atoms with Crippen LogP contribution in [0.3, 0.4) is 0 Å². The predicted molar refractivity (Wildman–Crippen MR) is 85.1 cm³/mol. The Bertz CT molecular complexity index is 450. The third-order valence-electron chi connectivity index (χ3n) is 4.39. The van der Waals surface area contributed by atoms with E-state index in [1.165, 1.54) is 0 Å². The Morgan fingerprint density at radius 2 is 1.91 bits per heavy atom. The number of hydrogen-bond donors (Lipinski definition) is 1. The van der Waals surface area contributed by atoms with E-state index in [-0.39, 0.29) is 18.2 Å². The van der Waals surface area contributed by atoms with Gasteiger partial charge in [-0.15, -0.1) is 0 Å². The molecule has 7 nitrogen and oxygen atoms in total. The summed E-state index contributed by atoms with van der Waals surface area (Å²) >= 11 is 0. The molecule has 3 rings (SSSR count). The molecule has 1 aromatic heterocycles. The van der Waals surface area contributed by atoms with Crippen LogP contribution in [0.1, 0.15) is 25.7 Å². The molecule has 1 N–H and O–H groups in total. The summed E-state index contributed by atoms with van der Waals surface area (Å²) in [6, 6.07) is -0.0314. The van der Waals surface area contributed by atoms with Gasteiger partial charge in [-0.1, -0.05) is 0 Å². The summed E-state index contributed by atoms with van der Waals surface area (Å²) in [6.45, 7) is 4.22. The second kappa shape index (κ2) is 8.31. The zero-order valence-corrected chi connectivity index (χ0v) is 13.5. The first kappa shape index (κ1) is 16.3. The van der Waals surface area contributed by atoms with Crippen molar-refractivity contribution in [3.05, 3.63) is 18.7 Å². The summed E-state index contributed by atoms with van der Waals surface area (Å²) in [5.74, 6) is 0. The average molecular weight is 322 g/mol. The Labute approximate surface area is 137 Å². The van der Waals surface area contributed by atoms with Gasteiger partial charge in [0.2, 0.25) is 0 Å². The van der Waals surface area contributed by atoms with E-state index >= 15 is 0 Å². The van der Waals surface area contributed by atoms with Crippen LogP contribution in [0.25, 0.3) is 0 Å². The van der Waals surface area contributed by atoms with E-state index in [0.29, 0.717) is 19.6 Å². The molecule has 2 saturated heterocycles. The molecule has 0 unspecified atom stereocenters. The largest absolute Gasteiger partial charge is 0.376 e. The molecule has 1 aromatic rings. The fourth-order valence-electron chi connectivity index (χ4n) is 3.13. The van der Waals surface area contributed by atoms with Crippen LogP contribution in [0.5, 0.6) is 0 Å². The topological polar surface area (TPSA) is 68.6 Å². The molecule has 0 bridgehead atoms. The minimum Gasteiger partial charge on any atom is -0.376 e. The van der Waals surface area contributed by atoms with E-state index < -0.39 is 0 Å². The molecular weight excluding hydrogens is 296 g/mol. The van der Waals surface area contributed by atoms with Crippen LogP contribution >= 0.6 is 0 Å². The predicted octanol–water partition coefficient (Wildman–Crippen LogP) is 1.25. The minimum atomic E-state index is -0.0314. The van der Waals surface area contributed by atoms with Gasteiger partial charge in [0.15, 0.2) is 0 Å². The number of carbonyl (C=O) groups excluding carboxylic acids is 1. The zero-order valence-electron chi connectivity index (χ0n) is 13.5. The SMILES string of the molecule is O=C(NCCn1ccnc1)N(C[C@H]1CCCO1)C[C@H]1CCCO1.